The highest BCUT2D eigenvalue weighted by Gasteiger charge is 2.65. The van der Waals surface area contributed by atoms with Crippen LogP contribution in [0.15, 0.2) is 48.5 Å². The molecule has 8 heteroatoms. The molecule has 0 radical (unpaired) electrons. The van der Waals surface area contributed by atoms with Crippen molar-refractivity contribution in [3.63, 3.8) is 0 Å². The molecule has 0 bridgehead atoms. The van der Waals surface area contributed by atoms with Crippen LogP contribution in [0.5, 0.6) is 0 Å². The van der Waals surface area contributed by atoms with Gasteiger partial charge in [0, 0.05) is 0 Å². The topological polar surface area (TPSA) is 0 Å². The van der Waals surface area contributed by atoms with Crippen LogP contribution < -0.4 is 0 Å². The van der Waals surface area contributed by atoms with Gasteiger partial charge < -0.3 is 0 Å². The number of aryl methyl sites for hydroxylation is 3. The van der Waals surface area contributed by atoms with Gasteiger partial charge in [-0.3, -0.25) is 0 Å². The Kier molecular flexibility index (Phi) is 10.8. The number of benzene rings is 2. The molecule has 0 heterocycles. The molecule has 0 atom stereocenters. The molecule has 0 saturated heterocycles. The van der Waals surface area contributed by atoms with Gasteiger partial charge in [-0.15, -0.1) is 0 Å². The molecule has 0 fully saturated rings. The zero-order chi connectivity index (χ0) is 22.8. The molecule has 0 aliphatic carbocycles. The molecule has 0 saturated carbocycles. The molecular formula is C22H22Br8. The molecule has 0 aromatic heterocycles. The summed E-state index contributed by atoms with van der Waals surface area (Å²) in [5.41, 5.74) is 5.08. The van der Waals surface area contributed by atoms with E-state index in [1.165, 1.54) is 16.7 Å². The zero-order valence-corrected chi connectivity index (χ0v) is 29.2. The van der Waals surface area contributed by atoms with Crippen LogP contribution in [0.25, 0.3) is 0 Å². The SMILES string of the molecule is Cc1ccccc1CCCCC(Br)(Br)C(Br)(Br)C(Br)(Br)C(Br)(Br)c1ccccc1C. The third-order valence-corrected chi connectivity index (χ3v) is 20.5. The summed E-state index contributed by atoms with van der Waals surface area (Å²) in [6.45, 7) is 4.28. The van der Waals surface area contributed by atoms with Gasteiger partial charge in [0.25, 0.3) is 0 Å². The lowest BCUT2D eigenvalue weighted by Crippen LogP contribution is -2.54. The number of hydrogen-bond donors (Lipinski definition) is 0. The van der Waals surface area contributed by atoms with Crippen LogP contribution in [0.1, 0.15) is 41.5 Å². The standard InChI is InChI=1S/C22H22Br8/c1-15-9-3-5-11-17(15)12-7-8-14-19(23,24)21(27,28)22(29,30)20(25,26)18-13-6-4-10-16(18)2/h3-6,9-11,13H,7-8,12,14H2,1-2H3. The molecule has 0 N–H and O–H groups in total. The van der Waals surface area contributed by atoms with Crippen molar-refractivity contribution < 1.29 is 0 Å². The first kappa shape index (κ1) is 28.5. The van der Waals surface area contributed by atoms with Crippen molar-refractivity contribution in [1.82, 2.24) is 0 Å². The summed E-state index contributed by atoms with van der Waals surface area (Å²) in [5.74, 6) is 0. The molecule has 2 aromatic rings. The number of halogens is 8. The third kappa shape index (κ3) is 6.09. The van der Waals surface area contributed by atoms with Gasteiger partial charge in [-0.25, -0.2) is 0 Å². The first-order chi connectivity index (χ1) is 13.8. The number of unbranched alkanes of at least 4 members (excludes halogenated alkanes) is 1. The van der Waals surface area contributed by atoms with E-state index < -0.39 is 12.9 Å². The summed E-state index contributed by atoms with van der Waals surface area (Å²) in [4.78, 5) is 0. The largest absolute Gasteiger partial charge is 0.137 e. The fraction of sp³-hybridized carbons (Fsp3) is 0.455. The van der Waals surface area contributed by atoms with Gasteiger partial charge in [0.05, 0.1) is 0 Å². The van der Waals surface area contributed by atoms with Crippen LogP contribution in [-0.4, -0.2) is 9.70 Å². The summed E-state index contributed by atoms with van der Waals surface area (Å²) in [6, 6.07) is 16.9. The molecule has 0 unspecified atom stereocenters. The van der Waals surface area contributed by atoms with Crippen molar-refractivity contribution in [2.24, 2.45) is 0 Å². The third-order valence-electron chi connectivity index (χ3n) is 5.18. The minimum absolute atomic E-state index is 0.443. The van der Waals surface area contributed by atoms with E-state index in [0.717, 1.165) is 31.2 Å². The molecule has 166 valence electrons. The first-order valence-electron chi connectivity index (χ1n) is 9.37. The molecule has 0 nitrogen and oxygen atoms in total. The Morgan fingerprint density at radius 3 is 1.73 bits per heavy atom. The maximum Gasteiger partial charge on any atom is 0.137 e. The first-order valence-corrected chi connectivity index (χ1v) is 15.7. The van der Waals surface area contributed by atoms with Gasteiger partial charge in [0.1, 0.15) is 12.9 Å². The fourth-order valence-corrected chi connectivity index (χ4v) is 10.1. The van der Waals surface area contributed by atoms with E-state index in [1.807, 2.05) is 12.1 Å². The summed E-state index contributed by atoms with van der Waals surface area (Å²) in [5, 5.41) is 0. The monoisotopic (exact) mass is 918 g/mol. The smallest absolute Gasteiger partial charge is 0.0701 e. The summed E-state index contributed by atoms with van der Waals surface area (Å²) in [6.07, 6.45) is 4.15. The van der Waals surface area contributed by atoms with Gasteiger partial charge in [-0.1, -0.05) is 182 Å². The normalized spacial score (nSPS) is 13.5. The number of rotatable bonds is 9. The lowest BCUT2D eigenvalue weighted by molar-refractivity contribution is 0.579. The van der Waals surface area contributed by atoms with E-state index in [-0.39, 0.29) is 0 Å². The molecule has 2 rings (SSSR count). The molecule has 30 heavy (non-hydrogen) atoms. The Hall–Kier alpha value is 2.28. The van der Waals surface area contributed by atoms with Crippen molar-refractivity contribution in [3.05, 3.63) is 70.8 Å². The van der Waals surface area contributed by atoms with Crippen molar-refractivity contribution in [2.75, 3.05) is 0 Å². The van der Waals surface area contributed by atoms with Gasteiger partial charge >= 0.3 is 0 Å². The minimum atomic E-state index is -0.671. The summed E-state index contributed by atoms with van der Waals surface area (Å²) < 4.78 is -2.35. The van der Waals surface area contributed by atoms with E-state index in [9.17, 15) is 0 Å². The molecule has 0 aliphatic rings. The van der Waals surface area contributed by atoms with Crippen LogP contribution in [0.2, 0.25) is 0 Å². The van der Waals surface area contributed by atoms with Gasteiger partial charge in [-0.05, 0) is 55.4 Å². The molecular weight excluding hydrogens is 903 g/mol. The molecule has 2 aromatic carbocycles. The fourth-order valence-electron chi connectivity index (χ4n) is 3.23. The summed E-state index contributed by atoms with van der Waals surface area (Å²) in [7, 11) is 0. The van der Waals surface area contributed by atoms with Crippen LogP contribution in [0.3, 0.4) is 0 Å². The zero-order valence-electron chi connectivity index (χ0n) is 16.5. The van der Waals surface area contributed by atoms with Gasteiger partial charge in [-0.2, -0.15) is 0 Å². The Balaban J connectivity index is 2.16. The van der Waals surface area contributed by atoms with Crippen LogP contribution in [-0.2, 0) is 9.65 Å². The van der Waals surface area contributed by atoms with Crippen molar-refractivity contribution in [1.29, 1.82) is 0 Å². The van der Waals surface area contributed by atoms with Crippen molar-refractivity contribution >= 4 is 127 Å². The van der Waals surface area contributed by atoms with Crippen molar-refractivity contribution in [2.45, 2.75) is 52.5 Å². The highest BCUT2D eigenvalue weighted by atomic mass is 79.9. The van der Waals surface area contributed by atoms with E-state index in [0.29, 0.717) is 0 Å². The predicted molar refractivity (Wildman–Crippen MR) is 161 cm³/mol. The maximum atomic E-state index is 3.96. The van der Waals surface area contributed by atoms with E-state index in [1.54, 1.807) is 0 Å². The average Bonchev–Trinajstić information content (AvgIpc) is 2.66. The van der Waals surface area contributed by atoms with Crippen LogP contribution in [0.4, 0.5) is 0 Å². The maximum absolute atomic E-state index is 3.96. The van der Waals surface area contributed by atoms with Crippen LogP contribution in [0, 0.1) is 13.8 Å². The van der Waals surface area contributed by atoms with E-state index in [2.05, 4.69) is 178 Å². The van der Waals surface area contributed by atoms with Gasteiger partial charge in [0.2, 0.25) is 0 Å². The molecule has 0 aliphatic heterocycles. The van der Waals surface area contributed by atoms with E-state index >= 15 is 0 Å². The highest BCUT2D eigenvalue weighted by Crippen LogP contribution is 2.70. The van der Waals surface area contributed by atoms with E-state index in [4.69, 9.17) is 0 Å². The summed E-state index contributed by atoms with van der Waals surface area (Å²) >= 11 is 31.6. The Morgan fingerprint density at radius 1 is 0.633 bits per heavy atom. The molecule has 0 amide bonds. The quantitative estimate of drug-likeness (QED) is 0.174. The second-order valence-corrected chi connectivity index (χ2v) is 21.5. The minimum Gasteiger partial charge on any atom is -0.0701 e. The Labute approximate surface area is 247 Å². The Morgan fingerprint density at radius 2 is 1.17 bits per heavy atom. The highest BCUT2D eigenvalue weighted by molar-refractivity contribution is 9.34. The lowest BCUT2D eigenvalue weighted by Gasteiger charge is -2.49. The second kappa shape index (κ2) is 11.3. The Bertz CT molecular complexity index is 858. The van der Waals surface area contributed by atoms with Crippen LogP contribution >= 0.6 is 127 Å². The van der Waals surface area contributed by atoms with Gasteiger partial charge in [0.15, 0.2) is 0 Å². The van der Waals surface area contributed by atoms with Crippen molar-refractivity contribution in [3.8, 4) is 0 Å². The predicted octanol–water partition coefficient (Wildman–Crippen LogP) is 11.1. The lowest BCUT2D eigenvalue weighted by atomic mass is 9.99. The average molecular weight is 926 g/mol. The number of hydrogen-bond acceptors (Lipinski definition) is 0. The molecule has 0 spiro atoms. The number of alkyl halides is 8. The second-order valence-electron chi connectivity index (χ2n) is 7.38.